The lowest BCUT2D eigenvalue weighted by atomic mass is 9.90. The zero-order chi connectivity index (χ0) is 25.7. The lowest BCUT2D eigenvalue weighted by Crippen LogP contribution is -2.59. The van der Waals surface area contributed by atoms with Crippen LogP contribution in [0.1, 0.15) is 91.5 Å². The molecule has 0 saturated carbocycles. The highest BCUT2D eigenvalue weighted by atomic mass is 16.6. The van der Waals surface area contributed by atoms with Gasteiger partial charge in [-0.15, -0.1) is 0 Å². The number of nitrogens with zero attached hydrogens (tertiary/aromatic N) is 1. The summed E-state index contributed by atoms with van der Waals surface area (Å²) in [6, 6.07) is 4.04. The van der Waals surface area contributed by atoms with Crippen LogP contribution in [-0.2, 0) is 14.3 Å². The summed E-state index contributed by atoms with van der Waals surface area (Å²) < 4.78 is 5.33. The topological polar surface area (TPSA) is 87.7 Å². The van der Waals surface area contributed by atoms with Gasteiger partial charge in [-0.2, -0.15) is 0 Å². The highest BCUT2D eigenvalue weighted by molar-refractivity contribution is 5.92. The highest BCUT2D eigenvalue weighted by Gasteiger charge is 2.42. The van der Waals surface area contributed by atoms with Gasteiger partial charge in [-0.25, -0.2) is 4.79 Å². The standard InChI is InChI=1S/C26H43N3O4/c1-12-26(10,11)29(23(31)19(6)28-24(32)33-25(7,8)9)21(22(30)27-16(2)3)20-14-13-17(4)15-18(20)5/h13-16,19,21H,12H2,1-11H3,(H,27,30)(H,28,32). The van der Waals surface area contributed by atoms with E-state index < -0.39 is 29.3 Å². The molecule has 0 heterocycles. The van der Waals surface area contributed by atoms with Gasteiger partial charge < -0.3 is 20.3 Å². The number of nitrogens with one attached hydrogen (secondary N) is 2. The summed E-state index contributed by atoms with van der Waals surface area (Å²) in [5.41, 5.74) is 1.42. The zero-order valence-corrected chi connectivity index (χ0v) is 22.3. The van der Waals surface area contributed by atoms with Gasteiger partial charge in [-0.1, -0.05) is 30.7 Å². The van der Waals surface area contributed by atoms with Crippen molar-refractivity contribution in [2.24, 2.45) is 0 Å². The molecule has 2 N–H and O–H groups in total. The van der Waals surface area contributed by atoms with Crippen LogP contribution < -0.4 is 10.6 Å². The lowest BCUT2D eigenvalue weighted by molar-refractivity contribution is -0.149. The molecule has 0 aliphatic carbocycles. The van der Waals surface area contributed by atoms with Crippen LogP contribution in [0.25, 0.3) is 0 Å². The minimum Gasteiger partial charge on any atom is -0.444 e. The molecule has 7 nitrogen and oxygen atoms in total. The summed E-state index contributed by atoms with van der Waals surface area (Å²) in [6.07, 6.45) is -0.0545. The van der Waals surface area contributed by atoms with E-state index in [0.29, 0.717) is 6.42 Å². The van der Waals surface area contributed by atoms with E-state index in [0.717, 1.165) is 16.7 Å². The van der Waals surface area contributed by atoms with Gasteiger partial charge in [-0.05, 0) is 86.8 Å². The van der Waals surface area contributed by atoms with Crippen LogP contribution in [0, 0.1) is 13.8 Å². The van der Waals surface area contributed by atoms with Crippen LogP contribution in [0.5, 0.6) is 0 Å². The summed E-state index contributed by atoms with van der Waals surface area (Å²) in [4.78, 5) is 41.3. The molecule has 2 unspecified atom stereocenters. The molecule has 0 spiro atoms. The van der Waals surface area contributed by atoms with Crippen LogP contribution in [0.3, 0.4) is 0 Å². The Morgan fingerprint density at radius 2 is 1.58 bits per heavy atom. The number of amides is 3. The maximum atomic E-state index is 13.8. The second-order valence-corrected chi connectivity index (χ2v) is 10.7. The van der Waals surface area contributed by atoms with Gasteiger partial charge in [0.15, 0.2) is 0 Å². The zero-order valence-electron chi connectivity index (χ0n) is 22.3. The van der Waals surface area contributed by atoms with E-state index in [2.05, 4.69) is 10.6 Å². The van der Waals surface area contributed by atoms with Crippen molar-refractivity contribution in [3.05, 3.63) is 34.9 Å². The predicted octanol–water partition coefficient (Wildman–Crippen LogP) is 4.80. The Balaban J connectivity index is 3.53. The van der Waals surface area contributed by atoms with Gasteiger partial charge in [0.25, 0.3) is 0 Å². The second kappa shape index (κ2) is 11.0. The first-order valence-corrected chi connectivity index (χ1v) is 11.7. The van der Waals surface area contributed by atoms with Crippen molar-refractivity contribution in [1.29, 1.82) is 0 Å². The third-order valence-corrected chi connectivity index (χ3v) is 5.52. The fourth-order valence-corrected chi connectivity index (χ4v) is 3.59. The largest absolute Gasteiger partial charge is 0.444 e. The Kier molecular flexibility index (Phi) is 9.52. The van der Waals surface area contributed by atoms with Crippen LogP contribution >= 0.6 is 0 Å². The quantitative estimate of drug-likeness (QED) is 0.582. The Morgan fingerprint density at radius 3 is 2.03 bits per heavy atom. The Morgan fingerprint density at radius 1 is 1.00 bits per heavy atom. The fraction of sp³-hybridized carbons (Fsp3) is 0.654. The number of alkyl carbamates (subject to hydrolysis) is 1. The summed E-state index contributed by atoms with van der Waals surface area (Å²) in [5.74, 6) is -0.604. The van der Waals surface area contributed by atoms with Gasteiger partial charge >= 0.3 is 6.09 Å². The van der Waals surface area contributed by atoms with Crippen molar-refractivity contribution in [3.63, 3.8) is 0 Å². The highest BCUT2D eigenvalue weighted by Crippen LogP contribution is 2.34. The van der Waals surface area contributed by atoms with E-state index in [9.17, 15) is 14.4 Å². The van der Waals surface area contributed by atoms with Crippen LogP contribution in [0.15, 0.2) is 18.2 Å². The van der Waals surface area contributed by atoms with Crippen molar-refractivity contribution < 1.29 is 19.1 Å². The number of hydrogen-bond acceptors (Lipinski definition) is 4. The molecule has 0 saturated heterocycles. The fourth-order valence-electron chi connectivity index (χ4n) is 3.59. The van der Waals surface area contributed by atoms with Crippen LogP contribution in [-0.4, -0.2) is 46.0 Å². The van der Waals surface area contributed by atoms with E-state index in [1.54, 1.807) is 32.6 Å². The number of aryl methyl sites for hydroxylation is 2. The number of rotatable bonds is 8. The molecular weight excluding hydrogens is 418 g/mol. The summed E-state index contributed by atoms with van der Waals surface area (Å²) in [7, 11) is 0. The molecule has 0 radical (unpaired) electrons. The van der Waals surface area contributed by atoms with Crippen LogP contribution in [0.4, 0.5) is 4.79 Å². The van der Waals surface area contributed by atoms with Crippen molar-refractivity contribution >= 4 is 17.9 Å². The van der Waals surface area contributed by atoms with E-state index in [4.69, 9.17) is 4.74 Å². The Labute approximate surface area is 199 Å². The minimum absolute atomic E-state index is 0.0928. The Bertz CT molecular complexity index is 856. The van der Waals surface area contributed by atoms with Crippen molar-refractivity contribution in [1.82, 2.24) is 15.5 Å². The van der Waals surface area contributed by atoms with Crippen LogP contribution in [0.2, 0.25) is 0 Å². The maximum absolute atomic E-state index is 13.8. The normalized spacial score (nSPS) is 13.8. The average Bonchev–Trinajstić information content (AvgIpc) is 2.63. The van der Waals surface area contributed by atoms with Crippen molar-refractivity contribution in [2.75, 3.05) is 0 Å². The predicted molar refractivity (Wildman–Crippen MR) is 132 cm³/mol. The third kappa shape index (κ3) is 8.06. The summed E-state index contributed by atoms with van der Waals surface area (Å²) in [6.45, 7) is 20.5. The minimum atomic E-state index is -0.884. The molecule has 0 fully saturated rings. The third-order valence-electron chi connectivity index (χ3n) is 5.52. The van der Waals surface area contributed by atoms with Crippen molar-refractivity contribution in [3.8, 4) is 0 Å². The molecule has 1 aromatic carbocycles. The molecule has 3 amide bonds. The van der Waals surface area contributed by atoms with E-state index in [1.807, 2.05) is 66.7 Å². The van der Waals surface area contributed by atoms with Gasteiger partial charge in [0.05, 0.1) is 0 Å². The number of carbonyl (C=O) groups excluding carboxylic acids is 3. The van der Waals surface area contributed by atoms with E-state index >= 15 is 0 Å². The van der Waals surface area contributed by atoms with Gasteiger partial charge in [0.1, 0.15) is 17.7 Å². The molecule has 1 aromatic rings. The lowest BCUT2D eigenvalue weighted by Gasteiger charge is -2.44. The molecule has 0 bridgehead atoms. The molecule has 7 heteroatoms. The molecule has 0 aromatic heterocycles. The average molecular weight is 462 g/mol. The maximum Gasteiger partial charge on any atom is 0.408 e. The molecule has 1 rings (SSSR count). The number of benzene rings is 1. The molecule has 0 aliphatic rings. The van der Waals surface area contributed by atoms with Crippen molar-refractivity contribution in [2.45, 2.75) is 112 Å². The Hall–Kier alpha value is -2.57. The molecule has 33 heavy (non-hydrogen) atoms. The smallest absolute Gasteiger partial charge is 0.408 e. The molecule has 0 aliphatic heterocycles. The number of carbonyl (C=O) groups is 3. The summed E-state index contributed by atoms with van der Waals surface area (Å²) >= 11 is 0. The van der Waals surface area contributed by atoms with E-state index in [-0.39, 0.29) is 17.9 Å². The van der Waals surface area contributed by atoms with Gasteiger partial charge in [0, 0.05) is 11.6 Å². The molecular formula is C26H43N3O4. The monoisotopic (exact) mass is 461 g/mol. The first-order valence-electron chi connectivity index (χ1n) is 11.7. The first-order chi connectivity index (χ1) is 15.0. The number of hydrogen-bond donors (Lipinski definition) is 2. The molecule has 2 atom stereocenters. The number of ether oxygens (including phenoxy) is 1. The summed E-state index contributed by atoms with van der Waals surface area (Å²) in [5, 5.41) is 5.62. The second-order valence-electron chi connectivity index (χ2n) is 10.7. The first kappa shape index (κ1) is 28.5. The van der Waals surface area contributed by atoms with Gasteiger partial charge in [-0.3, -0.25) is 9.59 Å². The SMILES string of the molecule is CCC(C)(C)N(C(=O)C(C)NC(=O)OC(C)(C)C)C(C(=O)NC(C)C)c1ccc(C)cc1C. The molecule has 186 valence electrons. The van der Waals surface area contributed by atoms with E-state index in [1.165, 1.54) is 0 Å². The van der Waals surface area contributed by atoms with Gasteiger partial charge in [0.2, 0.25) is 11.8 Å².